The van der Waals surface area contributed by atoms with E-state index < -0.39 is 0 Å². The summed E-state index contributed by atoms with van der Waals surface area (Å²) in [5, 5.41) is 0. The van der Waals surface area contributed by atoms with Gasteiger partial charge < -0.3 is 0 Å². The molecule has 0 N–H and O–H groups in total. The summed E-state index contributed by atoms with van der Waals surface area (Å²) in [6, 6.07) is 6.76. The van der Waals surface area contributed by atoms with Crippen molar-refractivity contribution < 1.29 is 0 Å². The van der Waals surface area contributed by atoms with Gasteiger partial charge in [0.15, 0.2) is 0 Å². The van der Waals surface area contributed by atoms with Crippen LogP contribution in [0, 0.1) is 18.3 Å². The minimum absolute atomic E-state index is 0.458. The standard InChI is InChI=1S/C19H30/c1-7-18-13-17(12-11-16(18)3)10-8-9-15(2)14-19(4,5)6/h7,11-13,15H,1,8-10,14H2,2-6H3. The highest BCUT2D eigenvalue weighted by atomic mass is 14.2. The predicted molar refractivity (Wildman–Crippen MR) is 87.4 cm³/mol. The maximum atomic E-state index is 3.88. The molecule has 106 valence electrons. The predicted octanol–water partition coefficient (Wildman–Crippen LogP) is 6.03. The van der Waals surface area contributed by atoms with Crippen molar-refractivity contribution in [2.75, 3.05) is 0 Å². The fraction of sp³-hybridized carbons (Fsp3) is 0.579. The number of hydrogen-bond acceptors (Lipinski definition) is 0. The Kier molecular flexibility index (Phi) is 5.85. The summed E-state index contributed by atoms with van der Waals surface area (Å²) in [4.78, 5) is 0. The minimum atomic E-state index is 0.458. The highest BCUT2D eigenvalue weighted by molar-refractivity contribution is 5.52. The molecule has 0 saturated carbocycles. The van der Waals surface area contributed by atoms with E-state index >= 15 is 0 Å². The molecule has 1 atom stereocenters. The van der Waals surface area contributed by atoms with E-state index in [1.165, 1.54) is 42.4 Å². The molecule has 1 aromatic rings. The molecule has 0 bridgehead atoms. The van der Waals surface area contributed by atoms with Gasteiger partial charge in [-0.1, -0.05) is 65.0 Å². The van der Waals surface area contributed by atoms with Gasteiger partial charge in [-0.3, -0.25) is 0 Å². The molecule has 0 heteroatoms. The summed E-state index contributed by atoms with van der Waals surface area (Å²) in [5.41, 5.74) is 4.50. The Morgan fingerprint density at radius 1 is 1.26 bits per heavy atom. The van der Waals surface area contributed by atoms with Crippen LogP contribution in [-0.2, 0) is 6.42 Å². The molecule has 0 aromatic heterocycles. The molecular formula is C19H30. The van der Waals surface area contributed by atoms with E-state index in [2.05, 4.69) is 59.4 Å². The zero-order chi connectivity index (χ0) is 14.5. The second-order valence-corrected chi connectivity index (χ2v) is 7.16. The first kappa shape index (κ1) is 16.0. The van der Waals surface area contributed by atoms with Crippen molar-refractivity contribution in [1.29, 1.82) is 0 Å². The highest BCUT2D eigenvalue weighted by Gasteiger charge is 2.14. The van der Waals surface area contributed by atoms with Crippen LogP contribution >= 0.6 is 0 Å². The third-order valence-corrected chi connectivity index (χ3v) is 3.69. The van der Waals surface area contributed by atoms with Gasteiger partial charge in [-0.15, -0.1) is 0 Å². The van der Waals surface area contributed by atoms with Crippen LogP contribution in [0.2, 0.25) is 0 Å². The third-order valence-electron chi connectivity index (χ3n) is 3.69. The summed E-state index contributed by atoms with van der Waals surface area (Å²) < 4.78 is 0. The minimum Gasteiger partial charge on any atom is -0.0985 e. The van der Waals surface area contributed by atoms with E-state index in [0.29, 0.717) is 5.41 Å². The lowest BCUT2D eigenvalue weighted by Crippen LogP contribution is -2.11. The number of rotatable bonds is 6. The van der Waals surface area contributed by atoms with Gasteiger partial charge >= 0.3 is 0 Å². The molecule has 1 unspecified atom stereocenters. The SMILES string of the molecule is C=Cc1cc(CCCC(C)CC(C)(C)C)ccc1C. The van der Waals surface area contributed by atoms with Crippen LogP contribution < -0.4 is 0 Å². The molecule has 0 aliphatic rings. The lowest BCUT2D eigenvalue weighted by molar-refractivity contribution is 0.293. The van der Waals surface area contributed by atoms with Crippen molar-refractivity contribution in [1.82, 2.24) is 0 Å². The average Bonchev–Trinajstić information content (AvgIpc) is 2.29. The van der Waals surface area contributed by atoms with Gasteiger partial charge in [-0.2, -0.15) is 0 Å². The lowest BCUT2D eigenvalue weighted by atomic mass is 9.83. The summed E-state index contributed by atoms with van der Waals surface area (Å²) in [7, 11) is 0. The highest BCUT2D eigenvalue weighted by Crippen LogP contribution is 2.27. The second-order valence-electron chi connectivity index (χ2n) is 7.16. The van der Waals surface area contributed by atoms with Crippen molar-refractivity contribution in [2.24, 2.45) is 11.3 Å². The Labute approximate surface area is 119 Å². The quantitative estimate of drug-likeness (QED) is 0.584. The largest absolute Gasteiger partial charge is 0.0985 e. The van der Waals surface area contributed by atoms with Crippen molar-refractivity contribution in [2.45, 2.75) is 60.3 Å². The molecule has 0 amide bonds. The first-order valence-electron chi connectivity index (χ1n) is 7.54. The smallest absolute Gasteiger partial charge is 0.0230 e. The van der Waals surface area contributed by atoms with Crippen molar-refractivity contribution in [3.63, 3.8) is 0 Å². The number of benzene rings is 1. The molecule has 0 heterocycles. The normalized spacial score (nSPS) is 13.3. The molecule has 0 nitrogen and oxygen atoms in total. The van der Waals surface area contributed by atoms with E-state index in [9.17, 15) is 0 Å². The summed E-state index contributed by atoms with van der Waals surface area (Å²) in [6.07, 6.45) is 7.08. The molecule has 0 aliphatic carbocycles. The lowest BCUT2D eigenvalue weighted by Gasteiger charge is -2.23. The first-order valence-corrected chi connectivity index (χ1v) is 7.54. The van der Waals surface area contributed by atoms with Gasteiger partial charge in [0.25, 0.3) is 0 Å². The Morgan fingerprint density at radius 3 is 2.53 bits per heavy atom. The zero-order valence-electron chi connectivity index (χ0n) is 13.4. The summed E-state index contributed by atoms with van der Waals surface area (Å²) in [6.45, 7) is 15.4. The van der Waals surface area contributed by atoms with Crippen LogP contribution in [0.15, 0.2) is 24.8 Å². The molecule has 19 heavy (non-hydrogen) atoms. The molecule has 1 rings (SSSR count). The van der Waals surface area contributed by atoms with E-state index in [-0.39, 0.29) is 0 Å². The van der Waals surface area contributed by atoms with Gasteiger partial charge in [0.05, 0.1) is 0 Å². The monoisotopic (exact) mass is 258 g/mol. The van der Waals surface area contributed by atoms with Crippen LogP contribution in [0.5, 0.6) is 0 Å². The number of hydrogen-bond donors (Lipinski definition) is 0. The fourth-order valence-electron chi connectivity index (χ4n) is 2.87. The molecule has 0 spiro atoms. The molecule has 0 aliphatic heterocycles. The van der Waals surface area contributed by atoms with E-state index in [4.69, 9.17) is 0 Å². The van der Waals surface area contributed by atoms with Crippen LogP contribution in [0.1, 0.15) is 63.6 Å². The van der Waals surface area contributed by atoms with Gasteiger partial charge in [0.1, 0.15) is 0 Å². The number of aryl methyl sites for hydroxylation is 2. The topological polar surface area (TPSA) is 0 Å². The third kappa shape index (κ3) is 6.09. The first-order chi connectivity index (χ1) is 8.81. The van der Waals surface area contributed by atoms with Crippen molar-refractivity contribution in [3.8, 4) is 0 Å². The zero-order valence-corrected chi connectivity index (χ0v) is 13.4. The average molecular weight is 258 g/mol. The second kappa shape index (κ2) is 6.93. The van der Waals surface area contributed by atoms with Crippen LogP contribution in [0.25, 0.3) is 6.08 Å². The summed E-state index contributed by atoms with van der Waals surface area (Å²) in [5.74, 6) is 0.823. The van der Waals surface area contributed by atoms with E-state index in [0.717, 1.165) is 5.92 Å². The van der Waals surface area contributed by atoms with Crippen LogP contribution in [-0.4, -0.2) is 0 Å². The Hall–Kier alpha value is -1.04. The fourth-order valence-corrected chi connectivity index (χ4v) is 2.87. The molecule has 1 aromatic carbocycles. The van der Waals surface area contributed by atoms with Gasteiger partial charge in [-0.05, 0) is 54.2 Å². The maximum Gasteiger partial charge on any atom is -0.0230 e. The molecule has 0 saturated heterocycles. The van der Waals surface area contributed by atoms with E-state index in [1.54, 1.807) is 0 Å². The molecule has 0 radical (unpaired) electrons. The van der Waals surface area contributed by atoms with Crippen molar-refractivity contribution >= 4 is 6.08 Å². The van der Waals surface area contributed by atoms with Gasteiger partial charge in [0, 0.05) is 0 Å². The van der Waals surface area contributed by atoms with Gasteiger partial charge in [0.2, 0.25) is 0 Å². The Bertz CT molecular complexity index is 407. The van der Waals surface area contributed by atoms with E-state index in [1.807, 2.05) is 6.08 Å². The van der Waals surface area contributed by atoms with Crippen molar-refractivity contribution in [3.05, 3.63) is 41.5 Å². The van der Waals surface area contributed by atoms with Crippen LogP contribution in [0.3, 0.4) is 0 Å². The van der Waals surface area contributed by atoms with Crippen LogP contribution in [0.4, 0.5) is 0 Å². The Morgan fingerprint density at radius 2 is 1.95 bits per heavy atom. The molecular weight excluding hydrogens is 228 g/mol. The maximum absolute atomic E-state index is 3.88. The molecule has 0 fully saturated rings. The Balaban J connectivity index is 2.43. The van der Waals surface area contributed by atoms with Gasteiger partial charge in [-0.25, -0.2) is 0 Å². The summed E-state index contributed by atoms with van der Waals surface area (Å²) >= 11 is 0.